The van der Waals surface area contributed by atoms with Gasteiger partial charge in [0.2, 0.25) is 0 Å². The third-order valence-electron chi connectivity index (χ3n) is 6.01. The van der Waals surface area contributed by atoms with Crippen LogP contribution in [0.1, 0.15) is 35.3 Å². The van der Waals surface area contributed by atoms with Crippen LogP contribution in [0.3, 0.4) is 0 Å². The normalized spacial score (nSPS) is 21.7. The summed E-state index contributed by atoms with van der Waals surface area (Å²) in [5, 5.41) is 8.98. The molecule has 2 heterocycles. The summed E-state index contributed by atoms with van der Waals surface area (Å²) >= 11 is 0. The number of ether oxygens (including phenoxy) is 1. The van der Waals surface area contributed by atoms with Crippen LogP contribution in [0.15, 0.2) is 60.2 Å². The van der Waals surface area contributed by atoms with E-state index in [0.29, 0.717) is 30.8 Å². The van der Waals surface area contributed by atoms with E-state index >= 15 is 0 Å². The first-order valence-electron chi connectivity index (χ1n) is 11.3. The van der Waals surface area contributed by atoms with E-state index in [4.69, 9.17) is 4.74 Å². The summed E-state index contributed by atoms with van der Waals surface area (Å²) < 4.78 is 46.6. The molecule has 0 bridgehead atoms. The monoisotopic (exact) mass is 474 g/mol. The number of fused-ring (bicyclic) bond motifs is 3. The Kier molecular flexibility index (Phi) is 7.13. The Bertz CT molecular complexity index is 1040. The Morgan fingerprint density at radius 2 is 1.91 bits per heavy atom. The van der Waals surface area contributed by atoms with Crippen LogP contribution in [0, 0.1) is 0 Å². The van der Waals surface area contributed by atoms with Crippen LogP contribution in [-0.2, 0) is 10.9 Å². The van der Waals surface area contributed by atoms with Crippen molar-refractivity contribution in [3.8, 4) is 0 Å². The molecule has 2 aromatic carbocycles. The summed E-state index contributed by atoms with van der Waals surface area (Å²) in [5.74, 6) is 0. The molecule has 34 heavy (non-hydrogen) atoms. The summed E-state index contributed by atoms with van der Waals surface area (Å²) in [6.45, 7) is 1.48. The van der Waals surface area contributed by atoms with Crippen molar-refractivity contribution in [3.05, 3.63) is 76.9 Å². The molecular formula is C25H29F3N4O2. The van der Waals surface area contributed by atoms with Gasteiger partial charge in [0.1, 0.15) is 6.10 Å². The van der Waals surface area contributed by atoms with E-state index in [1.54, 1.807) is 0 Å². The number of nitrogens with zero attached hydrogens (tertiary/aromatic N) is 1. The molecule has 9 heteroatoms. The van der Waals surface area contributed by atoms with Crippen LogP contribution in [0.5, 0.6) is 0 Å². The number of carbonyl (C=O) groups is 1. The van der Waals surface area contributed by atoms with Crippen molar-refractivity contribution >= 4 is 11.7 Å². The summed E-state index contributed by atoms with van der Waals surface area (Å²) in [6, 6.07) is 13.0. The molecule has 4 rings (SSSR count). The maximum Gasteiger partial charge on any atom is 0.416 e. The predicted octanol–water partition coefficient (Wildman–Crippen LogP) is 4.49. The third kappa shape index (κ3) is 5.53. The lowest BCUT2D eigenvalue weighted by atomic mass is 9.83. The molecule has 3 N–H and O–H groups in total. The van der Waals surface area contributed by atoms with Gasteiger partial charge in [0.05, 0.1) is 17.7 Å². The van der Waals surface area contributed by atoms with Crippen molar-refractivity contribution < 1.29 is 22.7 Å². The van der Waals surface area contributed by atoms with Gasteiger partial charge in [0.25, 0.3) is 0 Å². The van der Waals surface area contributed by atoms with Crippen molar-refractivity contribution in [3.63, 3.8) is 0 Å². The number of alkyl halides is 3. The number of urea groups is 1. The topological polar surface area (TPSA) is 65.6 Å². The molecule has 2 unspecified atom stereocenters. The van der Waals surface area contributed by atoms with Gasteiger partial charge in [0.15, 0.2) is 0 Å². The summed E-state index contributed by atoms with van der Waals surface area (Å²) in [6.07, 6.45) is -2.87. The van der Waals surface area contributed by atoms with Crippen molar-refractivity contribution in [1.29, 1.82) is 0 Å². The van der Waals surface area contributed by atoms with Gasteiger partial charge in [-0.15, -0.1) is 0 Å². The Balaban J connectivity index is 1.55. The molecule has 3 atom stereocenters. The van der Waals surface area contributed by atoms with Gasteiger partial charge < -0.3 is 25.6 Å². The highest BCUT2D eigenvalue weighted by molar-refractivity contribution is 5.73. The van der Waals surface area contributed by atoms with Crippen LogP contribution in [-0.4, -0.2) is 50.8 Å². The number of benzene rings is 2. The van der Waals surface area contributed by atoms with E-state index in [1.807, 2.05) is 55.4 Å². The number of likely N-dealkylation sites (N-methyl/N-ethyl adjacent to an activating group) is 1. The number of halogens is 3. The van der Waals surface area contributed by atoms with Gasteiger partial charge in [-0.1, -0.05) is 36.4 Å². The minimum atomic E-state index is -4.45. The Labute approximate surface area is 197 Å². The highest BCUT2D eigenvalue weighted by atomic mass is 19.4. The zero-order valence-electron chi connectivity index (χ0n) is 19.2. The molecule has 0 aromatic heterocycles. The van der Waals surface area contributed by atoms with Crippen LogP contribution in [0.25, 0.3) is 0 Å². The minimum Gasteiger partial charge on any atom is -0.374 e. The fraction of sp³-hybridized carbons (Fsp3) is 0.400. The van der Waals surface area contributed by atoms with Gasteiger partial charge in [-0.25, -0.2) is 4.79 Å². The van der Waals surface area contributed by atoms with Crippen molar-refractivity contribution in [2.45, 2.75) is 30.8 Å². The fourth-order valence-electron chi connectivity index (χ4n) is 4.26. The summed E-state index contributed by atoms with van der Waals surface area (Å²) in [7, 11) is 3.84. The Morgan fingerprint density at radius 3 is 2.62 bits per heavy atom. The van der Waals surface area contributed by atoms with Gasteiger partial charge in [0, 0.05) is 30.9 Å². The number of amides is 2. The van der Waals surface area contributed by atoms with Gasteiger partial charge in [-0.05, 0) is 49.9 Å². The second kappa shape index (κ2) is 10.1. The molecule has 2 amide bonds. The first-order chi connectivity index (χ1) is 16.2. The van der Waals surface area contributed by atoms with Crippen LogP contribution < -0.4 is 16.0 Å². The van der Waals surface area contributed by atoms with Crippen LogP contribution in [0.2, 0.25) is 0 Å². The van der Waals surface area contributed by atoms with Gasteiger partial charge >= 0.3 is 12.2 Å². The van der Waals surface area contributed by atoms with E-state index in [9.17, 15) is 18.0 Å². The van der Waals surface area contributed by atoms with Gasteiger partial charge in [-0.3, -0.25) is 0 Å². The SMILES string of the molecule is CN(C)CCNC(=O)NCC1CC=C2C(O1)c1cc(C(F)(F)F)ccc1N[C@@H]2c1ccccc1. The first kappa shape index (κ1) is 24.1. The largest absolute Gasteiger partial charge is 0.416 e. The third-order valence-corrected chi connectivity index (χ3v) is 6.01. The van der Waals surface area contributed by atoms with E-state index < -0.39 is 17.8 Å². The summed E-state index contributed by atoms with van der Waals surface area (Å²) in [5.41, 5.74) is 2.23. The standard InChI is InChI=1S/C25H29F3N4O2/c1-32(2)13-12-29-24(33)30-15-18-9-10-19-22(16-6-4-3-5-7-16)31-21-11-8-17(25(26,27)28)14-20(21)23(19)34-18/h3-8,10-11,14,18,22-23,31H,9,12-13,15H2,1-2H3,(H2,29,30,33)/t18?,22-,23?/m1/s1. The number of carbonyl (C=O) groups excluding carboxylic acids is 1. The fourth-order valence-corrected chi connectivity index (χ4v) is 4.26. The summed E-state index contributed by atoms with van der Waals surface area (Å²) in [4.78, 5) is 14.1. The Hall–Kier alpha value is -3.04. The molecule has 0 spiro atoms. The first-order valence-corrected chi connectivity index (χ1v) is 11.3. The second-order valence-electron chi connectivity index (χ2n) is 8.81. The van der Waals surface area contributed by atoms with Crippen molar-refractivity contribution in [2.24, 2.45) is 0 Å². The zero-order chi connectivity index (χ0) is 24.3. The number of hydrogen-bond acceptors (Lipinski definition) is 4. The molecule has 2 aliphatic heterocycles. The van der Waals surface area contributed by atoms with Crippen molar-refractivity contribution in [1.82, 2.24) is 15.5 Å². The number of anilines is 1. The van der Waals surface area contributed by atoms with E-state index in [-0.39, 0.29) is 24.7 Å². The molecule has 2 aliphatic rings. The van der Waals surface area contributed by atoms with Crippen molar-refractivity contribution in [2.75, 3.05) is 39.0 Å². The maximum absolute atomic E-state index is 13.4. The molecule has 0 fully saturated rings. The lowest BCUT2D eigenvalue weighted by Crippen LogP contribution is -2.43. The van der Waals surface area contributed by atoms with Crippen LogP contribution >= 0.6 is 0 Å². The molecule has 0 saturated carbocycles. The second-order valence-corrected chi connectivity index (χ2v) is 8.81. The van der Waals surface area contributed by atoms with E-state index in [0.717, 1.165) is 23.3 Å². The quantitative estimate of drug-likeness (QED) is 0.540. The highest BCUT2D eigenvalue weighted by Crippen LogP contribution is 2.48. The lowest BCUT2D eigenvalue weighted by molar-refractivity contribution is -0.137. The maximum atomic E-state index is 13.4. The van der Waals surface area contributed by atoms with E-state index in [1.165, 1.54) is 6.07 Å². The van der Waals surface area contributed by atoms with E-state index in [2.05, 4.69) is 16.0 Å². The Morgan fingerprint density at radius 1 is 1.15 bits per heavy atom. The molecule has 0 saturated heterocycles. The minimum absolute atomic E-state index is 0.210. The molecule has 0 aliphatic carbocycles. The highest BCUT2D eigenvalue weighted by Gasteiger charge is 2.39. The number of nitrogens with one attached hydrogen (secondary N) is 3. The number of hydrogen-bond donors (Lipinski definition) is 3. The van der Waals surface area contributed by atoms with Gasteiger partial charge in [-0.2, -0.15) is 13.2 Å². The molecule has 0 radical (unpaired) electrons. The molecular weight excluding hydrogens is 445 g/mol. The molecule has 182 valence electrons. The molecule has 6 nitrogen and oxygen atoms in total. The lowest BCUT2D eigenvalue weighted by Gasteiger charge is -2.41. The van der Waals surface area contributed by atoms with Crippen LogP contribution in [0.4, 0.5) is 23.7 Å². The zero-order valence-corrected chi connectivity index (χ0v) is 19.2. The smallest absolute Gasteiger partial charge is 0.374 e. The molecule has 2 aromatic rings. The average molecular weight is 475 g/mol. The number of rotatable bonds is 6. The average Bonchev–Trinajstić information content (AvgIpc) is 2.81. The predicted molar refractivity (Wildman–Crippen MR) is 125 cm³/mol.